The van der Waals surface area contributed by atoms with Crippen LogP contribution < -0.4 is 10.0 Å². The maximum Gasteiger partial charge on any atom is 0.307 e. The number of fused-ring (bicyclic) bond motifs is 1. The van der Waals surface area contributed by atoms with Gasteiger partial charge >= 0.3 is 5.97 Å². The fourth-order valence-corrected chi connectivity index (χ4v) is 4.96. The molecule has 1 aliphatic rings. The minimum Gasteiger partial charge on any atom is -0.466 e. The van der Waals surface area contributed by atoms with E-state index in [1.165, 1.54) is 25.7 Å². The average Bonchev–Trinajstić information content (AvgIpc) is 3.47. The summed E-state index contributed by atoms with van der Waals surface area (Å²) in [5.41, 5.74) is 4.73. The molecular formula is C22H29N5O3S. The Morgan fingerprint density at radius 2 is 2.13 bits per heavy atom. The molecule has 1 fully saturated rings. The maximum absolute atomic E-state index is 11.6. The minimum absolute atomic E-state index is 0.219. The molecule has 0 aliphatic heterocycles. The van der Waals surface area contributed by atoms with Gasteiger partial charge in [-0.15, -0.1) is 0 Å². The molecule has 0 atom stereocenters. The van der Waals surface area contributed by atoms with Crippen LogP contribution in [0.4, 0.5) is 5.95 Å². The van der Waals surface area contributed by atoms with Gasteiger partial charge in [0.15, 0.2) is 0 Å². The topological polar surface area (TPSA) is 105 Å². The summed E-state index contributed by atoms with van der Waals surface area (Å²) in [5.74, 6) is 1.21. The van der Waals surface area contributed by atoms with E-state index < -0.39 is 0 Å². The number of nitrogens with zero attached hydrogens (tertiary/aromatic N) is 2. The predicted molar refractivity (Wildman–Crippen MR) is 122 cm³/mol. The zero-order chi connectivity index (χ0) is 21.8. The standard InChI is InChI=1S/C22H29N5O3S/c1-4-29-19(28)9-10-23-22-24-17-11-15(20-13(2)26-30-14(20)3)12-18(21(17)25-22)31-27-16-7-5-6-8-16/h11-12,16,27H,4-10H2,1-3H3,(H2,23,24,25). The van der Waals surface area contributed by atoms with Crippen LogP contribution in [0.5, 0.6) is 0 Å². The Labute approximate surface area is 186 Å². The van der Waals surface area contributed by atoms with Gasteiger partial charge in [0.1, 0.15) is 11.3 Å². The highest BCUT2D eigenvalue weighted by atomic mass is 32.2. The van der Waals surface area contributed by atoms with Crippen LogP contribution in [0.3, 0.4) is 0 Å². The summed E-state index contributed by atoms with van der Waals surface area (Å²) in [6.45, 7) is 6.54. The van der Waals surface area contributed by atoms with Crippen molar-refractivity contribution in [2.24, 2.45) is 0 Å². The molecule has 3 aromatic rings. The summed E-state index contributed by atoms with van der Waals surface area (Å²) in [5, 5.41) is 7.31. The van der Waals surface area contributed by atoms with Gasteiger partial charge < -0.3 is 19.6 Å². The number of esters is 1. The third-order valence-corrected chi connectivity index (χ3v) is 6.47. The van der Waals surface area contributed by atoms with Gasteiger partial charge in [-0.25, -0.2) is 4.98 Å². The number of anilines is 1. The Hall–Kier alpha value is -2.52. The summed E-state index contributed by atoms with van der Waals surface area (Å²) in [7, 11) is 0. The number of carbonyl (C=O) groups is 1. The Morgan fingerprint density at radius 3 is 2.84 bits per heavy atom. The second-order valence-corrected chi connectivity index (χ2v) is 8.72. The van der Waals surface area contributed by atoms with Crippen molar-refractivity contribution in [3.8, 4) is 11.1 Å². The lowest BCUT2D eigenvalue weighted by Crippen LogP contribution is -2.18. The number of aromatic amines is 1. The molecule has 0 radical (unpaired) electrons. The Morgan fingerprint density at radius 1 is 1.32 bits per heavy atom. The minimum atomic E-state index is -0.219. The molecule has 31 heavy (non-hydrogen) atoms. The van der Waals surface area contributed by atoms with Gasteiger partial charge in [-0.05, 0) is 63.3 Å². The van der Waals surface area contributed by atoms with Gasteiger partial charge in [-0.1, -0.05) is 18.0 Å². The second kappa shape index (κ2) is 9.74. The number of aromatic nitrogens is 3. The first kappa shape index (κ1) is 21.7. The fourth-order valence-electron chi connectivity index (χ4n) is 3.99. The normalized spacial score (nSPS) is 14.4. The van der Waals surface area contributed by atoms with E-state index in [0.717, 1.165) is 38.5 Å². The van der Waals surface area contributed by atoms with Crippen LogP contribution >= 0.6 is 11.9 Å². The maximum atomic E-state index is 11.6. The number of imidazole rings is 1. The number of rotatable bonds is 9. The van der Waals surface area contributed by atoms with Crippen LogP contribution in [0.2, 0.25) is 0 Å². The Kier molecular flexibility index (Phi) is 6.82. The molecule has 0 spiro atoms. The largest absolute Gasteiger partial charge is 0.466 e. The summed E-state index contributed by atoms with van der Waals surface area (Å²) in [6, 6.07) is 4.75. The first-order chi connectivity index (χ1) is 15.0. The van der Waals surface area contributed by atoms with Crippen molar-refractivity contribution in [1.82, 2.24) is 19.8 Å². The lowest BCUT2D eigenvalue weighted by molar-refractivity contribution is -0.142. The Balaban J connectivity index is 1.61. The molecule has 3 N–H and O–H groups in total. The van der Waals surface area contributed by atoms with Gasteiger partial charge in [-0.3, -0.25) is 9.52 Å². The zero-order valence-electron chi connectivity index (χ0n) is 18.2. The van der Waals surface area contributed by atoms with Crippen molar-refractivity contribution in [1.29, 1.82) is 0 Å². The third-order valence-electron chi connectivity index (χ3n) is 5.49. The van der Waals surface area contributed by atoms with Gasteiger partial charge in [0.2, 0.25) is 5.95 Å². The molecule has 4 rings (SSSR count). The molecule has 0 bridgehead atoms. The van der Waals surface area contributed by atoms with E-state index >= 15 is 0 Å². The number of aryl methyl sites for hydroxylation is 2. The first-order valence-electron chi connectivity index (χ1n) is 10.8. The lowest BCUT2D eigenvalue weighted by Gasteiger charge is -2.12. The molecule has 1 saturated carbocycles. The van der Waals surface area contributed by atoms with Crippen LogP contribution in [-0.2, 0) is 9.53 Å². The summed E-state index contributed by atoms with van der Waals surface area (Å²) in [6.07, 6.45) is 5.27. The number of nitrogens with one attached hydrogen (secondary N) is 3. The molecule has 2 aromatic heterocycles. The van der Waals surface area contributed by atoms with Gasteiger partial charge in [0.25, 0.3) is 0 Å². The Bertz CT molecular complexity index is 1040. The molecule has 0 unspecified atom stereocenters. The van der Waals surface area contributed by atoms with Crippen molar-refractivity contribution in [2.45, 2.75) is 63.8 Å². The highest BCUT2D eigenvalue weighted by molar-refractivity contribution is 7.97. The quantitative estimate of drug-likeness (QED) is 0.322. The van der Waals surface area contributed by atoms with E-state index in [1.807, 2.05) is 13.8 Å². The molecule has 166 valence electrons. The average molecular weight is 444 g/mol. The van der Waals surface area contributed by atoms with E-state index in [0.29, 0.717) is 31.6 Å². The number of hydrogen-bond donors (Lipinski definition) is 3. The number of hydrogen-bond acceptors (Lipinski definition) is 8. The SMILES string of the molecule is CCOC(=O)CCNc1nc2c(SNC3CCCC3)cc(-c3c(C)noc3C)cc2[nH]1. The van der Waals surface area contributed by atoms with Gasteiger partial charge in [0.05, 0.1) is 29.1 Å². The number of benzene rings is 1. The van der Waals surface area contributed by atoms with Crippen molar-refractivity contribution in [2.75, 3.05) is 18.5 Å². The molecule has 0 amide bonds. The highest BCUT2D eigenvalue weighted by Gasteiger charge is 2.19. The van der Waals surface area contributed by atoms with E-state index in [9.17, 15) is 4.79 Å². The molecule has 9 heteroatoms. The smallest absolute Gasteiger partial charge is 0.307 e. The van der Waals surface area contributed by atoms with Crippen molar-refractivity contribution < 1.29 is 14.1 Å². The van der Waals surface area contributed by atoms with E-state index in [4.69, 9.17) is 14.2 Å². The zero-order valence-corrected chi connectivity index (χ0v) is 19.0. The number of H-pyrrole nitrogens is 1. The fraction of sp³-hybridized carbons (Fsp3) is 0.500. The van der Waals surface area contributed by atoms with Crippen molar-refractivity contribution in [3.05, 3.63) is 23.6 Å². The first-order valence-corrected chi connectivity index (χ1v) is 11.7. The molecule has 0 saturated heterocycles. The lowest BCUT2D eigenvalue weighted by atomic mass is 10.0. The summed E-state index contributed by atoms with van der Waals surface area (Å²) >= 11 is 1.63. The van der Waals surface area contributed by atoms with E-state index in [2.05, 4.69) is 32.3 Å². The van der Waals surface area contributed by atoms with Crippen molar-refractivity contribution >= 4 is 34.9 Å². The van der Waals surface area contributed by atoms with Crippen LogP contribution in [-0.4, -0.2) is 40.3 Å². The van der Waals surface area contributed by atoms with Gasteiger partial charge in [-0.2, -0.15) is 0 Å². The summed E-state index contributed by atoms with van der Waals surface area (Å²) < 4.78 is 14.0. The molecule has 2 heterocycles. The van der Waals surface area contributed by atoms with Crippen LogP contribution in [0.1, 0.15) is 50.5 Å². The van der Waals surface area contributed by atoms with E-state index in [1.54, 1.807) is 18.9 Å². The number of carbonyl (C=O) groups excluding carboxylic acids is 1. The number of ether oxygens (including phenoxy) is 1. The molecule has 8 nitrogen and oxygen atoms in total. The molecular weight excluding hydrogens is 414 g/mol. The van der Waals surface area contributed by atoms with E-state index in [-0.39, 0.29) is 5.97 Å². The van der Waals surface area contributed by atoms with Crippen molar-refractivity contribution in [3.63, 3.8) is 0 Å². The molecule has 1 aromatic carbocycles. The molecule has 1 aliphatic carbocycles. The monoisotopic (exact) mass is 443 g/mol. The predicted octanol–water partition coefficient (Wildman–Crippen LogP) is 4.74. The third kappa shape index (κ3) is 5.04. The van der Waals surface area contributed by atoms with Crippen LogP contribution in [0.25, 0.3) is 22.2 Å². The highest BCUT2D eigenvalue weighted by Crippen LogP contribution is 2.35. The van der Waals surface area contributed by atoms with Crippen LogP contribution in [0.15, 0.2) is 21.6 Å². The summed E-state index contributed by atoms with van der Waals surface area (Å²) in [4.78, 5) is 20.7. The second-order valence-electron chi connectivity index (χ2n) is 7.84. The van der Waals surface area contributed by atoms with Crippen LogP contribution in [0, 0.1) is 13.8 Å². The van der Waals surface area contributed by atoms with Gasteiger partial charge in [0, 0.05) is 18.2 Å².